The molecule has 0 N–H and O–H groups in total. The molecule has 25 heavy (non-hydrogen) atoms. The molecule has 0 aliphatic carbocycles. The van der Waals surface area contributed by atoms with Gasteiger partial charge in [0, 0.05) is 53.3 Å². The van der Waals surface area contributed by atoms with Gasteiger partial charge < -0.3 is 4.85 Å². The SMILES string of the molecule is [C-]#[N+]c1c(-c2ccccc2)cccc1C([N+]#[C-])c1ccccc1.[Pt].[Pt]. The van der Waals surface area contributed by atoms with Gasteiger partial charge in [-0.1, -0.05) is 78.9 Å². The van der Waals surface area contributed by atoms with Crippen LogP contribution in [0.4, 0.5) is 5.69 Å². The van der Waals surface area contributed by atoms with Crippen LogP contribution in [0.3, 0.4) is 0 Å². The molecule has 0 amide bonds. The summed E-state index contributed by atoms with van der Waals surface area (Å²) in [5, 5.41) is 0. The summed E-state index contributed by atoms with van der Waals surface area (Å²) in [6, 6.07) is 24.8. The van der Waals surface area contributed by atoms with Gasteiger partial charge in [0.05, 0.1) is 6.57 Å². The molecule has 0 saturated carbocycles. The van der Waals surface area contributed by atoms with Crippen LogP contribution in [0.25, 0.3) is 20.8 Å². The Balaban J connectivity index is 0.00000156. The zero-order valence-electron chi connectivity index (χ0n) is 13.1. The molecule has 3 rings (SSSR count). The fraction of sp³-hybridized carbons (Fsp3) is 0.0476. The molecule has 0 aliphatic heterocycles. The molecule has 3 aromatic rings. The van der Waals surface area contributed by atoms with Gasteiger partial charge in [0.25, 0.3) is 6.04 Å². The second kappa shape index (κ2) is 10.1. The van der Waals surface area contributed by atoms with Crippen LogP contribution < -0.4 is 0 Å². The molecule has 0 radical (unpaired) electrons. The Kier molecular flexibility index (Phi) is 8.52. The fourth-order valence-corrected chi connectivity index (χ4v) is 2.72. The number of hydrogen-bond donors (Lipinski definition) is 0. The first-order chi connectivity index (χ1) is 11.3. The summed E-state index contributed by atoms with van der Waals surface area (Å²) in [5.74, 6) is 0. The predicted octanol–water partition coefficient (Wildman–Crippen LogP) is 5.91. The van der Waals surface area contributed by atoms with E-state index in [9.17, 15) is 0 Å². The van der Waals surface area contributed by atoms with Gasteiger partial charge in [-0.05, 0) is 11.1 Å². The molecule has 0 spiro atoms. The second-order valence-electron chi connectivity index (χ2n) is 5.16. The van der Waals surface area contributed by atoms with Crippen molar-refractivity contribution in [1.29, 1.82) is 0 Å². The van der Waals surface area contributed by atoms with Crippen molar-refractivity contribution in [2.24, 2.45) is 0 Å². The third kappa shape index (κ3) is 4.55. The van der Waals surface area contributed by atoms with E-state index in [0.717, 1.165) is 22.3 Å². The Morgan fingerprint density at radius 1 is 0.680 bits per heavy atom. The molecule has 2 nitrogen and oxygen atoms in total. The van der Waals surface area contributed by atoms with Crippen LogP contribution in [0.15, 0.2) is 78.9 Å². The monoisotopic (exact) mass is 684 g/mol. The zero-order valence-corrected chi connectivity index (χ0v) is 17.7. The second-order valence-corrected chi connectivity index (χ2v) is 5.16. The van der Waals surface area contributed by atoms with Crippen molar-refractivity contribution in [2.75, 3.05) is 0 Å². The van der Waals surface area contributed by atoms with Crippen molar-refractivity contribution >= 4 is 5.69 Å². The largest absolute Gasteiger partial charge is 0.305 e. The standard InChI is InChI=1S/C21H14N2.2Pt/c1-22-20(17-12-7-4-8-13-17)19-15-9-14-18(21(19)23-2)16-10-5-3-6-11-16;;/h3-15,20H;;. The predicted molar refractivity (Wildman–Crippen MR) is 93.0 cm³/mol. The Bertz CT molecular complexity index is 895. The van der Waals surface area contributed by atoms with Crippen molar-refractivity contribution in [2.45, 2.75) is 6.04 Å². The molecule has 3 aromatic carbocycles. The van der Waals surface area contributed by atoms with E-state index >= 15 is 0 Å². The van der Waals surface area contributed by atoms with Crippen LogP contribution in [-0.2, 0) is 42.1 Å². The Hall–Kier alpha value is -1.98. The van der Waals surface area contributed by atoms with Gasteiger partial charge in [-0.25, -0.2) is 11.4 Å². The molecule has 0 bridgehead atoms. The van der Waals surface area contributed by atoms with Crippen LogP contribution in [0.1, 0.15) is 17.2 Å². The summed E-state index contributed by atoms with van der Waals surface area (Å²) in [7, 11) is 0. The minimum Gasteiger partial charge on any atom is -0.305 e. The minimum absolute atomic E-state index is 0. The molecule has 4 heteroatoms. The smallest absolute Gasteiger partial charge is 0.265 e. The zero-order chi connectivity index (χ0) is 16.1. The van der Waals surface area contributed by atoms with Gasteiger partial charge >= 0.3 is 0 Å². The molecule has 0 fully saturated rings. The van der Waals surface area contributed by atoms with Gasteiger partial charge in [0.2, 0.25) is 5.69 Å². The molecule has 0 heterocycles. The quantitative estimate of drug-likeness (QED) is 0.304. The van der Waals surface area contributed by atoms with E-state index in [1.54, 1.807) is 0 Å². The minimum atomic E-state index is -0.455. The van der Waals surface area contributed by atoms with Crippen LogP contribution in [0.5, 0.6) is 0 Å². The Morgan fingerprint density at radius 2 is 1.28 bits per heavy atom. The maximum atomic E-state index is 7.63. The average Bonchev–Trinajstić information content (AvgIpc) is 2.64. The maximum absolute atomic E-state index is 7.63. The van der Waals surface area contributed by atoms with Crippen LogP contribution in [0, 0.1) is 13.1 Å². The van der Waals surface area contributed by atoms with E-state index in [1.807, 2.05) is 78.9 Å². The van der Waals surface area contributed by atoms with E-state index in [2.05, 4.69) is 9.69 Å². The van der Waals surface area contributed by atoms with Crippen molar-refractivity contribution in [3.8, 4) is 11.1 Å². The van der Waals surface area contributed by atoms with Crippen molar-refractivity contribution < 1.29 is 42.1 Å². The number of hydrogen-bond acceptors (Lipinski definition) is 0. The third-order valence-electron chi connectivity index (χ3n) is 3.80. The first kappa shape index (κ1) is 21.1. The summed E-state index contributed by atoms with van der Waals surface area (Å²) in [6.07, 6.45) is 0. The topological polar surface area (TPSA) is 8.72 Å². The number of para-hydroxylation sites is 1. The third-order valence-corrected chi connectivity index (χ3v) is 3.80. The van der Waals surface area contributed by atoms with Crippen LogP contribution in [-0.4, -0.2) is 0 Å². The van der Waals surface area contributed by atoms with Crippen molar-refractivity contribution in [3.63, 3.8) is 0 Å². The van der Waals surface area contributed by atoms with Crippen LogP contribution in [0.2, 0.25) is 0 Å². The van der Waals surface area contributed by atoms with Gasteiger partial charge in [-0.2, -0.15) is 0 Å². The summed E-state index contributed by atoms with van der Waals surface area (Å²) < 4.78 is 0. The molecule has 0 aliphatic rings. The summed E-state index contributed by atoms with van der Waals surface area (Å²) in [5.41, 5.74) is 4.11. The number of nitrogens with zero attached hydrogens (tertiary/aromatic N) is 2. The van der Waals surface area contributed by atoms with E-state index in [-0.39, 0.29) is 42.1 Å². The first-order valence-electron chi connectivity index (χ1n) is 7.32. The summed E-state index contributed by atoms with van der Waals surface area (Å²) in [4.78, 5) is 7.53. The van der Waals surface area contributed by atoms with E-state index < -0.39 is 6.04 Å². The molecule has 1 atom stereocenters. The van der Waals surface area contributed by atoms with E-state index in [0.29, 0.717) is 5.69 Å². The number of benzene rings is 3. The normalized spacial score (nSPS) is 10.3. The van der Waals surface area contributed by atoms with E-state index in [1.165, 1.54) is 0 Å². The molecule has 1 unspecified atom stereocenters. The van der Waals surface area contributed by atoms with Gasteiger partial charge in [-0.3, -0.25) is 0 Å². The van der Waals surface area contributed by atoms with Crippen LogP contribution >= 0.6 is 0 Å². The van der Waals surface area contributed by atoms with Crippen molar-refractivity contribution in [1.82, 2.24) is 0 Å². The molecule has 0 aromatic heterocycles. The van der Waals surface area contributed by atoms with Gasteiger partial charge in [-0.15, -0.1) is 0 Å². The van der Waals surface area contributed by atoms with Gasteiger partial charge in [0.1, 0.15) is 0 Å². The summed E-state index contributed by atoms with van der Waals surface area (Å²) >= 11 is 0. The Morgan fingerprint density at radius 3 is 1.84 bits per heavy atom. The molecule has 0 saturated heterocycles. The van der Waals surface area contributed by atoms with Crippen molar-refractivity contribution in [3.05, 3.63) is 113 Å². The van der Waals surface area contributed by atoms with Gasteiger partial charge in [0.15, 0.2) is 0 Å². The van der Waals surface area contributed by atoms with E-state index in [4.69, 9.17) is 13.1 Å². The summed E-state index contributed by atoms with van der Waals surface area (Å²) in [6.45, 7) is 15.2. The molecular formula is C21H14N2Pt2. The molecule has 128 valence electrons. The average molecular weight is 685 g/mol. The maximum Gasteiger partial charge on any atom is 0.265 e. The fourth-order valence-electron chi connectivity index (χ4n) is 2.72. The first-order valence-corrected chi connectivity index (χ1v) is 7.32. The molecular weight excluding hydrogens is 670 g/mol. The number of rotatable bonds is 3. The Labute approximate surface area is 177 Å².